The summed E-state index contributed by atoms with van der Waals surface area (Å²) in [6.45, 7) is 7.19. The Hall–Kier alpha value is -0.130. The van der Waals surface area contributed by atoms with Gasteiger partial charge >= 0.3 is 0 Å². The molecule has 5 heteroatoms. The lowest BCUT2D eigenvalue weighted by molar-refractivity contribution is -0.00188. The van der Waals surface area contributed by atoms with E-state index in [0.717, 1.165) is 12.8 Å². The monoisotopic (exact) mass is 247 g/mol. The van der Waals surface area contributed by atoms with Crippen molar-refractivity contribution in [1.29, 1.82) is 0 Å². The first-order chi connectivity index (χ1) is 7.18. The maximum Gasteiger partial charge on any atom is 0.162 e. The van der Waals surface area contributed by atoms with Crippen molar-refractivity contribution < 1.29 is 13.5 Å². The highest BCUT2D eigenvalue weighted by molar-refractivity contribution is 7.94. The van der Waals surface area contributed by atoms with Gasteiger partial charge in [-0.1, -0.05) is 0 Å². The molecule has 1 aliphatic heterocycles. The molecule has 1 N–H and O–H groups in total. The zero-order chi connectivity index (χ0) is 12.2. The molecular weight excluding hydrogens is 226 g/mol. The van der Waals surface area contributed by atoms with Gasteiger partial charge in [-0.3, -0.25) is 4.90 Å². The number of sulfone groups is 1. The number of rotatable bonds is 4. The lowest BCUT2D eigenvalue weighted by atomic mass is 10.1. The van der Waals surface area contributed by atoms with Crippen LogP contribution in [0.3, 0.4) is 0 Å². The summed E-state index contributed by atoms with van der Waals surface area (Å²) >= 11 is 0. The second kappa shape index (κ2) is 3.43. The zero-order valence-electron chi connectivity index (χ0n) is 10.2. The quantitative estimate of drug-likeness (QED) is 0.781. The van der Waals surface area contributed by atoms with Gasteiger partial charge < -0.3 is 5.11 Å². The minimum absolute atomic E-state index is 0.269. The largest absolute Gasteiger partial charge is 0.390 e. The van der Waals surface area contributed by atoms with Crippen molar-refractivity contribution in [3.8, 4) is 0 Å². The van der Waals surface area contributed by atoms with Gasteiger partial charge in [-0.25, -0.2) is 8.42 Å². The Labute approximate surface area is 97.6 Å². The topological polar surface area (TPSA) is 57.6 Å². The normalized spacial score (nSPS) is 26.5. The van der Waals surface area contributed by atoms with Gasteiger partial charge in [-0.05, 0) is 33.6 Å². The number of aliphatic hydroxyl groups excluding tert-OH is 1. The van der Waals surface area contributed by atoms with Crippen molar-refractivity contribution in [3.05, 3.63) is 0 Å². The number of β-amino-alcohol motifs (C(OH)–C–C–N with tert-alkyl or cyclic N) is 1. The first kappa shape index (κ1) is 12.3. The molecule has 2 aliphatic rings. The Morgan fingerprint density at radius 3 is 2.25 bits per heavy atom. The molecule has 0 radical (unpaired) electrons. The molecule has 0 aromatic heterocycles. The summed E-state index contributed by atoms with van der Waals surface area (Å²) in [4.78, 5) is 2.01. The van der Waals surface area contributed by atoms with Crippen molar-refractivity contribution >= 4 is 9.84 Å². The molecule has 1 saturated heterocycles. The van der Waals surface area contributed by atoms with E-state index in [-0.39, 0.29) is 6.10 Å². The number of aliphatic hydroxyl groups is 1. The van der Waals surface area contributed by atoms with Crippen molar-refractivity contribution in [3.63, 3.8) is 0 Å². The van der Waals surface area contributed by atoms with E-state index in [9.17, 15) is 13.5 Å². The van der Waals surface area contributed by atoms with Crippen LogP contribution in [0.1, 0.15) is 33.6 Å². The summed E-state index contributed by atoms with van der Waals surface area (Å²) in [7, 11) is -3.08. The molecule has 0 amide bonds. The minimum Gasteiger partial charge on any atom is -0.390 e. The van der Waals surface area contributed by atoms with E-state index in [4.69, 9.17) is 0 Å². The van der Waals surface area contributed by atoms with Crippen molar-refractivity contribution in [2.75, 3.05) is 19.6 Å². The number of nitrogens with zero attached hydrogens (tertiary/aromatic N) is 1. The molecule has 0 atom stereocenters. The summed E-state index contributed by atoms with van der Waals surface area (Å²) in [6.07, 6.45) is 1.32. The Balaban J connectivity index is 2.07. The van der Waals surface area contributed by atoms with E-state index >= 15 is 0 Å². The van der Waals surface area contributed by atoms with E-state index in [2.05, 4.69) is 0 Å². The van der Waals surface area contributed by atoms with Crippen LogP contribution in [0, 0.1) is 0 Å². The molecule has 1 heterocycles. The fourth-order valence-electron chi connectivity index (χ4n) is 2.41. The van der Waals surface area contributed by atoms with E-state index in [1.54, 1.807) is 13.8 Å². The van der Waals surface area contributed by atoms with Gasteiger partial charge in [0.05, 0.1) is 15.6 Å². The number of hydrogen-bond donors (Lipinski definition) is 1. The molecule has 1 aliphatic carbocycles. The molecule has 0 aromatic rings. The van der Waals surface area contributed by atoms with Crippen LogP contribution in [0.5, 0.6) is 0 Å². The molecule has 4 nitrogen and oxygen atoms in total. The van der Waals surface area contributed by atoms with Crippen molar-refractivity contribution in [2.45, 2.75) is 49.2 Å². The summed E-state index contributed by atoms with van der Waals surface area (Å²) in [5.74, 6) is 0. The maximum absolute atomic E-state index is 12.4. The molecule has 16 heavy (non-hydrogen) atoms. The third-order valence-corrected chi connectivity index (χ3v) is 7.16. The van der Waals surface area contributed by atoms with E-state index in [1.165, 1.54) is 0 Å². The molecule has 0 unspecified atom stereocenters. The first-order valence-electron chi connectivity index (χ1n) is 5.83. The van der Waals surface area contributed by atoms with Gasteiger partial charge in [-0.15, -0.1) is 0 Å². The van der Waals surface area contributed by atoms with Crippen LogP contribution < -0.4 is 0 Å². The van der Waals surface area contributed by atoms with Gasteiger partial charge in [0.25, 0.3) is 0 Å². The van der Waals surface area contributed by atoms with Gasteiger partial charge in [0.1, 0.15) is 0 Å². The van der Waals surface area contributed by atoms with E-state index in [0.29, 0.717) is 19.6 Å². The molecule has 0 spiro atoms. The maximum atomic E-state index is 12.4. The summed E-state index contributed by atoms with van der Waals surface area (Å²) < 4.78 is 23.6. The number of hydrogen-bond acceptors (Lipinski definition) is 4. The smallest absolute Gasteiger partial charge is 0.162 e. The SMILES string of the molecule is CC(C)(CN1CC(O)C1)S(=O)(=O)C1(C)CC1. The highest BCUT2D eigenvalue weighted by atomic mass is 32.2. The predicted molar refractivity (Wildman–Crippen MR) is 63.1 cm³/mol. The van der Waals surface area contributed by atoms with Crippen LogP contribution in [0.2, 0.25) is 0 Å². The third-order valence-electron chi connectivity index (χ3n) is 3.87. The second-order valence-corrected chi connectivity index (χ2v) is 9.16. The Bertz CT molecular complexity index is 378. The highest BCUT2D eigenvalue weighted by Gasteiger charge is 2.56. The summed E-state index contributed by atoms with van der Waals surface area (Å²) in [6, 6.07) is 0. The molecular formula is C11H21NO3S. The average molecular weight is 247 g/mol. The molecule has 0 aromatic carbocycles. The lowest BCUT2D eigenvalue weighted by Crippen LogP contribution is -2.57. The zero-order valence-corrected chi connectivity index (χ0v) is 11.0. The van der Waals surface area contributed by atoms with Crippen molar-refractivity contribution in [2.24, 2.45) is 0 Å². The van der Waals surface area contributed by atoms with Crippen LogP contribution in [-0.4, -0.2) is 53.7 Å². The molecule has 94 valence electrons. The van der Waals surface area contributed by atoms with Crippen LogP contribution >= 0.6 is 0 Å². The lowest BCUT2D eigenvalue weighted by Gasteiger charge is -2.41. The van der Waals surface area contributed by atoms with Gasteiger partial charge in [0, 0.05) is 19.6 Å². The van der Waals surface area contributed by atoms with Crippen LogP contribution in [0.25, 0.3) is 0 Å². The van der Waals surface area contributed by atoms with E-state index < -0.39 is 19.3 Å². The van der Waals surface area contributed by atoms with Gasteiger partial charge in [0.2, 0.25) is 0 Å². The Morgan fingerprint density at radius 2 is 1.88 bits per heavy atom. The molecule has 0 bridgehead atoms. The van der Waals surface area contributed by atoms with Crippen LogP contribution in [-0.2, 0) is 9.84 Å². The number of likely N-dealkylation sites (tertiary alicyclic amines) is 1. The standard InChI is InChI=1S/C11H21NO3S/c1-10(2,8-12-6-9(13)7-12)16(14,15)11(3)4-5-11/h9,13H,4-8H2,1-3H3. The molecule has 2 fully saturated rings. The van der Waals surface area contributed by atoms with Crippen molar-refractivity contribution in [1.82, 2.24) is 4.90 Å². The van der Waals surface area contributed by atoms with Gasteiger partial charge in [0.15, 0.2) is 9.84 Å². The second-order valence-electron chi connectivity index (χ2n) is 6.06. The Kier molecular flexibility index (Phi) is 2.64. The fourth-order valence-corrected chi connectivity index (χ4v) is 4.73. The van der Waals surface area contributed by atoms with Crippen LogP contribution in [0.15, 0.2) is 0 Å². The Morgan fingerprint density at radius 1 is 1.38 bits per heavy atom. The fraction of sp³-hybridized carbons (Fsp3) is 1.00. The van der Waals surface area contributed by atoms with Crippen LogP contribution in [0.4, 0.5) is 0 Å². The third kappa shape index (κ3) is 1.79. The summed E-state index contributed by atoms with van der Waals surface area (Å²) in [5.41, 5.74) is 0. The predicted octanol–water partition coefficient (Wildman–Crippen LogP) is 0.409. The summed E-state index contributed by atoms with van der Waals surface area (Å²) in [5, 5.41) is 9.20. The minimum atomic E-state index is -3.08. The highest BCUT2D eigenvalue weighted by Crippen LogP contribution is 2.47. The molecule has 1 saturated carbocycles. The first-order valence-corrected chi connectivity index (χ1v) is 7.31. The van der Waals surface area contributed by atoms with E-state index in [1.807, 2.05) is 11.8 Å². The molecule has 2 rings (SSSR count). The van der Waals surface area contributed by atoms with Gasteiger partial charge in [-0.2, -0.15) is 0 Å². The average Bonchev–Trinajstić information content (AvgIpc) is 2.81.